The highest BCUT2D eigenvalue weighted by atomic mass is 15.4. The van der Waals surface area contributed by atoms with E-state index in [1.807, 2.05) is 6.07 Å². The maximum Gasteiger partial charge on any atom is 0.245 e. The molecule has 0 unspecified atom stereocenters. The molecule has 1 saturated heterocycles. The molecule has 7 nitrogen and oxygen atoms in total. The zero-order valence-corrected chi connectivity index (χ0v) is 11.8. The Hall–Kier alpha value is -1.89. The summed E-state index contributed by atoms with van der Waals surface area (Å²) >= 11 is 0. The Kier molecular flexibility index (Phi) is 3.96. The molecule has 0 amide bonds. The SMILES string of the molecule is CCNCC1CCN(c2n[nH]c(-c3ccn[nH]3)n2)CC1. The zero-order valence-electron chi connectivity index (χ0n) is 11.8. The van der Waals surface area contributed by atoms with Crippen molar-refractivity contribution in [3.8, 4) is 11.5 Å². The third-order valence-electron chi connectivity index (χ3n) is 3.81. The van der Waals surface area contributed by atoms with Gasteiger partial charge in [-0.15, -0.1) is 5.10 Å². The Morgan fingerprint density at radius 2 is 2.20 bits per heavy atom. The lowest BCUT2D eigenvalue weighted by atomic mass is 9.97. The molecule has 0 aliphatic carbocycles. The van der Waals surface area contributed by atoms with E-state index in [9.17, 15) is 0 Å². The van der Waals surface area contributed by atoms with E-state index in [1.54, 1.807) is 6.20 Å². The Labute approximate surface area is 118 Å². The summed E-state index contributed by atoms with van der Waals surface area (Å²) in [5, 5.41) is 17.5. The van der Waals surface area contributed by atoms with Crippen LogP contribution in [-0.4, -0.2) is 51.6 Å². The molecule has 2 aromatic heterocycles. The van der Waals surface area contributed by atoms with Gasteiger partial charge < -0.3 is 10.2 Å². The molecule has 3 heterocycles. The minimum atomic E-state index is 0.743. The quantitative estimate of drug-likeness (QED) is 0.758. The first-order valence-electron chi connectivity index (χ1n) is 7.24. The number of anilines is 1. The predicted octanol–water partition coefficient (Wildman–Crippen LogP) is 1.02. The molecular formula is C13H21N7. The molecule has 0 aromatic carbocycles. The molecule has 7 heteroatoms. The summed E-state index contributed by atoms with van der Waals surface area (Å²) in [6.07, 6.45) is 4.10. The van der Waals surface area contributed by atoms with Gasteiger partial charge in [0.05, 0.1) is 0 Å². The second kappa shape index (κ2) is 6.04. The summed E-state index contributed by atoms with van der Waals surface area (Å²) in [5.74, 6) is 2.31. The number of hydrogen-bond acceptors (Lipinski definition) is 5. The number of nitrogens with zero attached hydrogens (tertiary/aromatic N) is 4. The molecule has 0 spiro atoms. The van der Waals surface area contributed by atoms with Crippen molar-refractivity contribution in [3.63, 3.8) is 0 Å². The van der Waals surface area contributed by atoms with Crippen LogP contribution in [0.5, 0.6) is 0 Å². The number of H-pyrrole nitrogens is 2. The second-order valence-electron chi connectivity index (χ2n) is 5.19. The highest BCUT2D eigenvalue weighted by molar-refractivity contribution is 5.50. The fourth-order valence-corrected chi connectivity index (χ4v) is 2.59. The number of aromatic amines is 2. The molecule has 0 saturated carbocycles. The number of hydrogen-bond donors (Lipinski definition) is 3. The van der Waals surface area contributed by atoms with E-state index in [2.05, 4.69) is 42.5 Å². The summed E-state index contributed by atoms with van der Waals surface area (Å²) in [6.45, 7) is 6.37. The molecule has 108 valence electrons. The van der Waals surface area contributed by atoms with Crippen molar-refractivity contribution in [1.29, 1.82) is 0 Å². The minimum Gasteiger partial charge on any atom is -0.340 e. The van der Waals surface area contributed by atoms with Gasteiger partial charge in [-0.3, -0.25) is 10.2 Å². The van der Waals surface area contributed by atoms with Gasteiger partial charge in [0.2, 0.25) is 5.95 Å². The third-order valence-corrected chi connectivity index (χ3v) is 3.81. The van der Waals surface area contributed by atoms with Crippen LogP contribution in [0.1, 0.15) is 19.8 Å². The molecule has 0 atom stereocenters. The van der Waals surface area contributed by atoms with Gasteiger partial charge in [0.15, 0.2) is 5.82 Å². The van der Waals surface area contributed by atoms with Crippen molar-refractivity contribution >= 4 is 5.95 Å². The van der Waals surface area contributed by atoms with Crippen LogP contribution in [0.3, 0.4) is 0 Å². The van der Waals surface area contributed by atoms with Crippen LogP contribution in [0.4, 0.5) is 5.95 Å². The average molecular weight is 275 g/mol. The minimum absolute atomic E-state index is 0.743. The maximum atomic E-state index is 4.54. The molecule has 1 aliphatic rings. The Bertz CT molecular complexity index is 511. The van der Waals surface area contributed by atoms with E-state index in [0.717, 1.165) is 49.6 Å². The van der Waals surface area contributed by atoms with Crippen molar-refractivity contribution in [3.05, 3.63) is 12.3 Å². The maximum absolute atomic E-state index is 4.54. The van der Waals surface area contributed by atoms with Gasteiger partial charge in [-0.25, -0.2) is 0 Å². The lowest BCUT2D eigenvalue weighted by molar-refractivity contribution is 0.384. The lowest BCUT2D eigenvalue weighted by Gasteiger charge is -2.31. The van der Waals surface area contributed by atoms with Gasteiger partial charge in [0.1, 0.15) is 5.69 Å². The molecule has 0 radical (unpaired) electrons. The lowest BCUT2D eigenvalue weighted by Crippen LogP contribution is -2.37. The number of rotatable bonds is 5. The van der Waals surface area contributed by atoms with Gasteiger partial charge in [0.25, 0.3) is 0 Å². The predicted molar refractivity (Wildman–Crippen MR) is 77.4 cm³/mol. The van der Waals surface area contributed by atoms with Crippen LogP contribution < -0.4 is 10.2 Å². The smallest absolute Gasteiger partial charge is 0.245 e. The van der Waals surface area contributed by atoms with Crippen molar-refractivity contribution in [2.24, 2.45) is 5.92 Å². The number of nitrogens with one attached hydrogen (secondary N) is 3. The Balaban J connectivity index is 1.58. The highest BCUT2D eigenvalue weighted by Gasteiger charge is 2.21. The fraction of sp³-hybridized carbons (Fsp3) is 0.615. The zero-order chi connectivity index (χ0) is 13.8. The molecule has 20 heavy (non-hydrogen) atoms. The highest BCUT2D eigenvalue weighted by Crippen LogP contribution is 2.21. The van der Waals surface area contributed by atoms with Crippen LogP contribution in [0, 0.1) is 5.92 Å². The van der Waals surface area contributed by atoms with Crippen molar-refractivity contribution in [2.75, 3.05) is 31.1 Å². The van der Waals surface area contributed by atoms with Gasteiger partial charge in [-0.2, -0.15) is 10.1 Å². The molecule has 3 rings (SSSR count). The van der Waals surface area contributed by atoms with E-state index in [1.165, 1.54) is 12.8 Å². The third kappa shape index (κ3) is 2.82. The van der Waals surface area contributed by atoms with E-state index < -0.39 is 0 Å². The Morgan fingerprint density at radius 1 is 1.35 bits per heavy atom. The van der Waals surface area contributed by atoms with Crippen LogP contribution in [0.25, 0.3) is 11.5 Å². The van der Waals surface area contributed by atoms with Crippen molar-refractivity contribution in [1.82, 2.24) is 30.7 Å². The summed E-state index contributed by atoms with van der Waals surface area (Å²) in [7, 11) is 0. The molecule has 1 fully saturated rings. The van der Waals surface area contributed by atoms with Gasteiger partial charge >= 0.3 is 0 Å². The monoisotopic (exact) mass is 275 g/mol. The van der Waals surface area contributed by atoms with Crippen LogP contribution >= 0.6 is 0 Å². The van der Waals surface area contributed by atoms with Crippen LogP contribution in [-0.2, 0) is 0 Å². The average Bonchev–Trinajstić information content (AvgIpc) is 3.16. The van der Waals surface area contributed by atoms with E-state index in [0.29, 0.717) is 0 Å². The van der Waals surface area contributed by atoms with E-state index >= 15 is 0 Å². The molecule has 3 N–H and O–H groups in total. The van der Waals surface area contributed by atoms with Crippen LogP contribution in [0.15, 0.2) is 12.3 Å². The molecule has 2 aromatic rings. The summed E-state index contributed by atoms with van der Waals surface area (Å²) in [5.41, 5.74) is 0.866. The normalized spacial score (nSPS) is 16.8. The van der Waals surface area contributed by atoms with E-state index in [4.69, 9.17) is 0 Å². The fourth-order valence-electron chi connectivity index (χ4n) is 2.59. The molecular weight excluding hydrogens is 254 g/mol. The first-order chi connectivity index (χ1) is 9.86. The topological polar surface area (TPSA) is 85.5 Å². The second-order valence-corrected chi connectivity index (χ2v) is 5.19. The number of aromatic nitrogens is 5. The summed E-state index contributed by atoms with van der Waals surface area (Å²) in [4.78, 5) is 6.78. The molecule has 1 aliphatic heterocycles. The first-order valence-corrected chi connectivity index (χ1v) is 7.24. The van der Waals surface area contributed by atoms with Crippen molar-refractivity contribution in [2.45, 2.75) is 19.8 Å². The van der Waals surface area contributed by atoms with Gasteiger partial charge in [-0.05, 0) is 37.9 Å². The van der Waals surface area contributed by atoms with Crippen LogP contribution in [0.2, 0.25) is 0 Å². The van der Waals surface area contributed by atoms with Gasteiger partial charge in [0, 0.05) is 19.3 Å². The largest absolute Gasteiger partial charge is 0.340 e. The number of piperidine rings is 1. The standard InChI is InChI=1S/C13H21N7/c1-2-14-9-10-4-7-20(8-5-10)13-16-12(18-19-13)11-3-6-15-17-11/h3,6,10,14H,2,4-5,7-9H2,1H3,(H,15,17)(H,16,18,19). The Morgan fingerprint density at radius 3 is 2.90 bits per heavy atom. The summed E-state index contributed by atoms with van der Waals surface area (Å²) < 4.78 is 0. The molecule has 0 bridgehead atoms. The summed E-state index contributed by atoms with van der Waals surface area (Å²) in [6, 6.07) is 1.88. The van der Waals surface area contributed by atoms with Gasteiger partial charge in [-0.1, -0.05) is 6.92 Å². The van der Waals surface area contributed by atoms with E-state index in [-0.39, 0.29) is 0 Å². The van der Waals surface area contributed by atoms with Crippen molar-refractivity contribution < 1.29 is 0 Å². The first kappa shape index (κ1) is 13.1.